The summed E-state index contributed by atoms with van der Waals surface area (Å²) in [5.41, 5.74) is -1.02. The molecule has 16 heavy (non-hydrogen) atoms. The van der Waals surface area contributed by atoms with Crippen LogP contribution in [0.25, 0.3) is 0 Å². The highest BCUT2D eigenvalue weighted by atomic mass is 16.2. The Bertz CT molecular complexity index is 268. The molecule has 0 fully saturated rings. The second kappa shape index (κ2) is 6.30. The quantitative estimate of drug-likeness (QED) is 0.546. The molecule has 92 valence electrons. The van der Waals surface area contributed by atoms with E-state index in [1.807, 2.05) is 13.8 Å². The van der Waals surface area contributed by atoms with Gasteiger partial charge in [-0.1, -0.05) is 6.08 Å². The third-order valence-electron chi connectivity index (χ3n) is 2.56. The minimum Gasteiger partial charge on any atom is -0.352 e. The first-order chi connectivity index (χ1) is 7.41. The van der Waals surface area contributed by atoms with Gasteiger partial charge in [-0.15, -0.1) is 6.58 Å². The fraction of sp³-hybridized carbons (Fsp3) is 0.667. The lowest BCUT2D eigenvalue weighted by molar-refractivity contribution is -0.148. The van der Waals surface area contributed by atoms with Crippen molar-refractivity contribution in [2.75, 3.05) is 19.6 Å². The molecule has 0 aliphatic heterocycles. The predicted molar refractivity (Wildman–Crippen MR) is 64.9 cm³/mol. The van der Waals surface area contributed by atoms with Gasteiger partial charge in [0.05, 0.1) is 0 Å². The average Bonchev–Trinajstić information content (AvgIpc) is 2.27. The van der Waals surface area contributed by atoms with Crippen molar-refractivity contribution in [3.8, 4) is 0 Å². The van der Waals surface area contributed by atoms with E-state index in [0.717, 1.165) is 0 Å². The maximum absolute atomic E-state index is 12.1. The van der Waals surface area contributed by atoms with E-state index in [9.17, 15) is 9.59 Å². The van der Waals surface area contributed by atoms with Gasteiger partial charge in [0.2, 0.25) is 11.8 Å². The Morgan fingerprint density at radius 1 is 1.31 bits per heavy atom. The van der Waals surface area contributed by atoms with Gasteiger partial charge in [0.25, 0.3) is 0 Å². The predicted octanol–water partition coefficient (Wildman–Crippen LogP) is 1.18. The zero-order chi connectivity index (χ0) is 12.8. The maximum Gasteiger partial charge on any atom is 0.237 e. The van der Waals surface area contributed by atoms with Gasteiger partial charge < -0.3 is 10.2 Å². The Balaban J connectivity index is 4.68. The third kappa shape index (κ3) is 3.36. The molecule has 0 aliphatic rings. The normalized spacial score (nSPS) is 10.8. The molecule has 0 spiro atoms. The zero-order valence-corrected chi connectivity index (χ0v) is 10.7. The fourth-order valence-electron chi connectivity index (χ4n) is 1.39. The lowest BCUT2D eigenvalue weighted by Gasteiger charge is -2.29. The van der Waals surface area contributed by atoms with Crippen molar-refractivity contribution >= 4 is 11.8 Å². The van der Waals surface area contributed by atoms with Gasteiger partial charge in [-0.05, 0) is 27.7 Å². The summed E-state index contributed by atoms with van der Waals surface area (Å²) in [4.78, 5) is 25.5. The Kier molecular flexibility index (Phi) is 5.78. The summed E-state index contributed by atoms with van der Waals surface area (Å²) < 4.78 is 0. The largest absolute Gasteiger partial charge is 0.352 e. The molecular weight excluding hydrogens is 204 g/mol. The number of rotatable bonds is 6. The van der Waals surface area contributed by atoms with Crippen LogP contribution in [0.15, 0.2) is 12.7 Å². The van der Waals surface area contributed by atoms with E-state index in [-0.39, 0.29) is 11.8 Å². The second-order valence-electron chi connectivity index (χ2n) is 4.10. The highest BCUT2D eigenvalue weighted by Gasteiger charge is 2.37. The Morgan fingerprint density at radius 3 is 2.19 bits per heavy atom. The minimum atomic E-state index is -1.02. The molecule has 0 aromatic carbocycles. The van der Waals surface area contributed by atoms with Gasteiger partial charge in [-0.25, -0.2) is 0 Å². The number of carbonyl (C=O) groups excluding carboxylic acids is 2. The number of hydrogen-bond acceptors (Lipinski definition) is 2. The summed E-state index contributed by atoms with van der Waals surface area (Å²) in [7, 11) is 0. The van der Waals surface area contributed by atoms with Crippen LogP contribution in [-0.4, -0.2) is 36.3 Å². The van der Waals surface area contributed by atoms with Crippen molar-refractivity contribution < 1.29 is 9.59 Å². The van der Waals surface area contributed by atoms with E-state index in [1.54, 1.807) is 24.8 Å². The van der Waals surface area contributed by atoms with Gasteiger partial charge in [0, 0.05) is 19.6 Å². The topological polar surface area (TPSA) is 49.4 Å². The summed E-state index contributed by atoms with van der Waals surface area (Å²) >= 11 is 0. The zero-order valence-electron chi connectivity index (χ0n) is 10.7. The molecule has 0 heterocycles. The highest BCUT2D eigenvalue weighted by molar-refractivity contribution is 6.04. The molecule has 0 bridgehead atoms. The van der Waals surface area contributed by atoms with Crippen LogP contribution in [0.2, 0.25) is 0 Å². The first-order valence-electron chi connectivity index (χ1n) is 5.60. The molecule has 1 N–H and O–H groups in total. The molecular formula is C12H22N2O2. The minimum absolute atomic E-state index is 0.140. The Morgan fingerprint density at radius 2 is 1.81 bits per heavy atom. The van der Waals surface area contributed by atoms with Crippen LogP contribution >= 0.6 is 0 Å². The number of nitrogens with one attached hydrogen (secondary N) is 1. The SMILES string of the molecule is C=CCNC(=O)C(C)(C)C(=O)N(CC)CC. The Hall–Kier alpha value is -1.32. The first-order valence-corrected chi connectivity index (χ1v) is 5.60. The van der Waals surface area contributed by atoms with Crippen molar-refractivity contribution in [1.82, 2.24) is 10.2 Å². The summed E-state index contributed by atoms with van der Waals surface area (Å²) in [5.74, 6) is -0.400. The summed E-state index contributed by atoms with van der Waals surface area (Å²) in [6.07, 6.45) is 1.59. The van der Waals surface area contributed by atoms with Crippen LogP contribution in [0, 0.1) is 5.41 Å². The van der Waals surface area contributed by atoms with Crippen LogP contribution in [-0.2, 0) is 9.59 Å². The average molecular weight is 226 g/mol. The van der Waals surface area contributed by atoms with Crippen LogP contribution < -0.4 is 5.32 Å². The molecule has 4 nitrogen and oxygen atoms in total. The molecule has 0 rings (SSSR count). The van der Waals surface area contributed by atoms with Gasteiger partial charge in [-0.2, -0.15) is 0 Å². The Labute approximate surface area is 97.7 Å². The number of nitrogens with zero attached hydrogens (tertiary/aromatic N) is 1. The van der Waals surface area contributed by atoms with Gasteiger partial charge >= 0.3 is 0 Å². The second-order valence-corrected chi connectivity index (χ2v) is 4.10. The molecule has 4 heteroatoms. The lowest BCUT2D eigenvalue weighted by atomic mass is 9.90. The van der Waals surface area contributed by atoms with Gasteiger partial charge in [0.15, 0.2) is 0 Å². The molecule has 0 unspecified atom stereocenters. The van der Waals surface area contributed by atoms with Gasteiger partial charge in [0.1, 0.15) is 5.41 Å². The van der Waals surface area contributed by atoms with Crippen LogP contribution in [0.5, 0.6) is 0 Å². The van der Waals surface area contributed by atoms with E-state index in [1.165, 1.54) is 0 Å². The van der Waals surface area contributed by atoms with Crippen LogP contribution in [0.4, 0.5) is 0 Å². The van der Waals surface area contributed by atoms with Crippen molar-refractivity contribution in [3.63, 3.8) is 0 Å². The standard InChI is InChI=1S/C12H22N2O2/c1-6-9-13-10(15)12(4,5)11(16)14(7-2)8-3/h6H,1,7-9H2,2-5H3,(H,13,15). The van der Waals surface area contributed by atoms with Crippen molar-refractivity contribution in [3.05, 3.63) is 12.7 Å². The summed E-state index contributed by atoms with van der Waals surface area (Å²) in [5, 5.41) is 2.65. The van der Waals surface area contributed by atoms with Crippen molar-refractivity contribution in [2.45, 2.75) is 27.7 Å². The lowest BCUT2D eigenvalue weighted by Crippen LogP contribution is -2.49. The van der Waals surface area contributed by atoms with E-state index >= 15 is 0 Å². The molecule has 0 atom stereocenters. The smallest absolute Gasteiger partial charge is 0.237 e. The molecule has 2 amide bonds. The monoisotopic (exact) mass is 226 g/mol. The molecule has 0 saturated heterocycles. The summed E-state index contributed by atoms with van der Waals surface area (Å²) in [6.45, 7) is 12.2. The number of carbonyl (C=O) groups is 2. The first kappa shape index (κ1) is 14.7. The maximum atomic E-state index is 12.1. The molecule has 0 aromatic heterocycles. The van der Waals surface area contributed by atoms with Crippen molar-refractivity contribution in [1.29, 1.82) is 0 Å². The van der Waals surface area contributed by atoms with Crippen LogP contribution in [0.3, 0.4) is 0 Å². The van der Waals surface area contributed by atoms with E-state index in [4.69, 9.17) is 0 Å². The molecule has 0 aliphatic carbocycles. The van der Waals surface area contributed by atoms with Crippen molar-refractivity contribution in [2.24, 2.45) is 5.41 Å². The molecule has 0 saturated carbocycles. The number of amides is 2. The van der Waals surface area contributed by atoms with Crippen LogP contribution in [0.1, 0.15) is 27.7 Å². The van der Waals surface area contributed by atoms with E-state index in [0.29, 0.717) is 19.6 Å². The molecule has 0 radical (unpaired) electrons. The van der Waals surface area contributed by atoms with E-state index in [2.05, 4.69) is 11.9 Å². The highest BCUT2D eigenvalue weighted by Crippen LogP contribution is 2.19. The van der Waals surface area contributed by atoms with Gasteiger partial charge in [-0.3, -0.25) is 9.59 Å². The third-order valence-corrected chi connectivity index (χ3v) is 2.56. The van der Waals surface area contributed by atoms with E-state index < -0.39 is 5.41 Å². The molecule has 0 aromatic rings. The number of hydrogen-bond donors (Lipinski definition) is 1. The summed E-state index contributed by atoms with van der Waals surface area (Å²) in [6, 6.07) is 0. The fourth-order valence-corrected chi connectivity index (χ4v) is 1.39.